The second-order valence-corrected chi connectivity index (χ2v) is 6.80. The van der Waals surface area contributed by atoms with Crippen LogP contribution in [-0.2, 0) is 9.84 Å². The van der Waals surface area contributed by atoms with Crippen LogP contribution in [0.5, 0.6) is 0 Å². The average Bonchev–Trinajstić information content (AvgIpc) is 2.55. The van der Waals surface area contributed by atoms with Gasteiger partial charge < -0.3 is 5.11 Å². The van der Waals surface area contributed by atoms with Crippen LogP contribution in [0.25, 0.3) is 0 Å². The molecule has 2 rings (SSSR count). The first-order chi connectivity index (χ1) is 6.49. The number of fused-ring (bicyclic) bond motifs is 2. The number of nitrogens with zero attached hydrogens (tertiary/aromatic N) is 1. The summed E-state index contributed by atoms with van der Waals surface area (Å²) in [6, 6.07) is 0.226. The Balaban J connectivity index is 1.91. The quantitative estimate of drug-likeness (QED) is 0.703. The van der Waals surface area contributed by atoms with Crippen molar-refractivity contribution in [1.29, 1.82) is 0 Å². The van der Waals surface area contributed by atoms with E-state index in [4.69, 9.17) is 5.11 Å². The maximum absolute atomic E-state index is 11.4. The number of rotatable bonds is 3. The summed E-state index contributed by atoms with van der Waals surface area (Å²) in [4.78, 5) is 2.21. The fourth-order valence-corrected chi connectivity index (χ4v) is 4.49. The maximum atomic E-state index is 11.4. The van der Waals surface area contributed by atoms with Crippen LogP contribution in [0, 0.1) is 0 Å². The smallest absolute Gasteiger partial charge is 0.156 e. The summed E-state index contributed by atoms with van der Waals surface area (Å²) in [5, 5.41) is 9.02. The van der Waals surface area contributed by atoms with Crippen molar-refractivity contribution >= 4 is 9.84 Å². The molecule has 2 aliphatic rings. The van der Waals surface area contributed by atoms with E-state index in [2.05, 4.69) is 4.90 Å². The lowest BCUT2D eigenvalue weighted by Crippen LogP contribution is -2.41. The Labute approximate surface area is 84.8 Å². The van der Waals surface area contributed by atoms with E-state index >= 15 is 0 Å². The van der Waals surface area contributed by atoms with Crippen molar-refractivity contribution < 1.29 is 13.5 Å². The van der Waals surface area contributed by atoms with Crippen molar-refractivity contribution in [3.05, 3.63) is 0 Å². The highest BCUT2D eigenvalue weighted by molar-refractivity contribution is 7.92. The molecule has 0 aromatic carbocycles. The van der Waals surface area contributed by atoms with Gasteiger partial charge in [-0.05, 0) is 19.8 Å². The molecule has 0 aromatic heterocycles. The van der Waals surface area contributed by atoms with Gasteiger partial charge in [0.15, 0.2) is 9.84 Å². The van der Waals surface area contributed by atoms with Gasteiger partial charge in [-0.15, -0.1) is 0 Å². The SMILES string of the molecule is CC(O)CCN1CC2CC1CS2(=O)=O. The molecule has 2 bridgehead atoms. The van der Waals surface area contributed by atoms with Crippen LogP contribution in [0.1, 0.15) is 19.8 Å². The molecule has 5 heteroatoms. The van der Waals surface area contributed by atoms with Gasteiger partial charge in [0.2, 0.25) is 0 Å². The lowest BCUT2D eigenvalue weighted by atomic mass is 10.2. The van der Waals surface area contributed by atoms with Crippen molar-refractivity contribution in [2.24, 2.45) is 0 Å². The number of aliphatic hydroxyl groups is 1. The minimum absolute atomic E-state index is 0.124. The molecule has 0 radical (unpaired) electrons. The van der Waals surface area contributed by atoms with Gasteiger partial charge in [0.05, 0.1) is 17.1 Å². The predicted molar refractivity (Wildman–Crippen MR) is 53.9 cm³/mol. The average molecular weight is 219 g/mol. The molecule has 2 aliphatic heterocycles. The molecule has 3 unspecified atom stereocenters. The summed E-state index contributed by atoms with van der Waals surface area (Å²) in [7, 11) is -2.76. The van der Waals surface area contributed by atoms with Gasteiger partial charge in [-0.2, -0.15) is 0 Å². The lowest BCUT2D eigenvalue weighted by molar-refractivity contribution is 0.153. The topological polar surface area (TPSA) is 57.6 Å². The Bertz CT molecular complexity index is 312. The van der Waals surface area contributed by atoms with Gasteiger partial charge in [0, 0.05) is 19.1 Å². The van der Waals surface area contributed by atoms with E-state index in [0.29, 0.717) is 12.3 Å². The van der Waals surface area contributed by atoms with E-state index in [-0.39, 0.29) is 17.4 Å². The van der Waals surface area contributed by atoms with E-state index in [9.17, 15) is 8.42 Å². The van der Waals surface area contributed by atoms with E-state index in [1.54, 1.807) is 6.92 Å². The van der Waals surface area contributed by atoms with Gasteiger partial charge in [0.25, 0.3) is 0 Å². The van der Waals surface area contributed by atoms with Crippen LogP contribution in [-0.4, -0.2) is 54.7 Å². The van der Waals surface area contributed by atoms with Crippen LogP contribution in [0.2, 0.25) is 0 Å². The minimum Gasteiger partial charge on any atom is -0.393 e. The summed E-state index contributed by atoms with van der Waals surface area (Å²) in [5.41, 5.74) is 0. The third-order valence-electron chi connectivity index (χ3n) is 3.26. The van der Waals surface area contributed by atoms with Gasteiger partial charge in [-0.25, -0.2) is 8.42 Å². The van der Waals surface area contributed by atoms with Crippen LogP contribution >= 0.6 is 0 Å². The second-order valence-electron chi connectivity index (χ2n) is 4.47. The fraction of sp³-hybridized carbons (Fsp3) is 1.00. The van der Waals surface area contributed by atoms with Gasteiger partial charge in [-0.1, -0.05) is 0 Å². The Hall–Kier alpha value is -0.130. The zero-order valence-corrected chi connectivity index (χ0v) is 9.20. The third-order valence-corrected chi connectivity index (χ3v) is 5.46. The Kier molecular flexibility index (Phi) is 2.57. The molecule has 2 fully saturated rings. The highest BCUT2D eigenvalue weighted by atomic mass is 32.2. The maximum Gasteiger partial charge on any atom is 0.156 e. The molecule has 1 N–H and O–H groups in total. The first-order valence-electron chi connectivity index (χ1n) is 5.13. The van der Waals surface area contributed by atoms with Crippen molar-refractivity contribution in [3.8, 4) is 0 Å². The summed E-state index contributed by atoms with van der Waals surface area (Å²) in [6.45, 7) is 3.28. The molecule has 14 heavy (non-hydrogen) atoms. The highest BCUT2D eigenvalue weighted by Gasteiger charge is 2.47. The number of hydrogen-bond donors (Lipinski definition) is 1. The number of likely N-dealkylation sites (tertiary alicyclic amines) is 1. The lowest BCUT2D eigenvalue weighted by Gasteiger charge is -2.26. The first kappa shape index (κ1) is 10.4. The number of aliphatic hydroxyl groups excluding tert-OH is 1. The minimum atomic E-state index is -2.76. The molecule has 0 saturated carbocycles. The molecule has 0 spiro atoms. The van der Waals surface area contributed by atoms with Crippen molar-refractivity contribution in [1.82, 2.24) is 4.90 Å². The molecular weight excluding hydrogens is 202 g/mol. The van der Waals surface area contributed by atoms with Crippen LogP contribution in [0.15, 0.2) is 0 Å². The van der Waals surface area contributed by atoms with Gasteiger partial charge in [0.1, 0.15) is 0 Å². The van der Waals surface area contributed by atoms with E-state index in [1.807, 2.05) is 0 Å². The van der Waals surface area contributed by atoms with E-state index in [1.165, 1.54) is 0 Å². The largest absolute Gasteiger partial charge is 0.393 e. The van der Waals surface area contributed by atoms with Crippen molar-refractivity contribution in [2.75, 3.05) is 18.8 Å². The molecule has 0 aromatic rings. The predicted octanol–water partition coefficient (Wildman–Crippen LogP) is -0.371. The zero-order chi connectivity index (χ0) is 10.3. The zero-order valence-electron chi connectivity index (χ0n) is 8.39. The van der Waals surface area contributed by atoms with Crippen LogP contribution < -0.4 is 0 Å². The molecule has 2 saturated heterocycles. The Morgan fingerprint density at radius 2 is 2.29 bits per heavy atom. The second kappa shape index (κ2) is 3.47. The van der Waals surface area contributed by atoms with Crippen LogP contribution in [0.3, 0.4) is 0 Å². The third kappa shape index (κ3) is 1.81. The van der Waals surface area contributed by atoms with Gasteiger partial charge in [-0.3, -0.25) is 4.90 Å². The summed E-state index contributed by atoms with van der Waals surface area (Å²) >= 11 is 0. The Morgan fingerprint density at radius 1 is 1.57 bits per heavy atom. The molecular formula is C9H17NO3S. The number of sulfone groups is 1. The molecule has 2 heterocycles. The fourth-order valence-electron chi connectivity index (χ4n) is 2.40. The van der Waals surface area contributed by atoms with E-state index in [0.717, 1.165) is 19.4 Å². The molecule has 4 nitrogen and oxygen atoms in total. The van der Waals surface area contributed by atoms with Crippen molar-refractivity contribution in [2.45, 2.75) is 37.2 Å². The normalized spacial score (nSPS) is 37.6. The summed E-state index contributed by atoms with van der Waals surface area (Å²) in [6.07, 6.45) is 1.26. The van der Waals surface area contributed by atoms with Crippen molar-refractivity contribution in [3.63, 3.8) is 0 Å². The molecule has 82 valence electrons. The van der Waals surface area contributed by atoms with Crippen LogP contribution in [0.4, 0.5) is 0 Å². The summed E-state index contributed by atoms with van der Waals surface area (Å²) in [5.74, 6) is 0.331. The van der Waals surface area contributed by atoms with E-state index < -0.39 is 9.84 Å². The highest BCUT2D eigenvalue weighted by Crippen LogP contribution is 2.32. The Morgan fingerprint density at radius 3 is 2.71 bits per heavy atom. The monoisotopic (exact) mass is 219 g/mol. The summed E-state index contributed by atoms with van der Waals surface area (Å²) < 4.78 is 22.9. The molecule has 3 atom stereocenters. The standard InChI is InChI=1S/C9H17NO3S/c1-7(11)2-3-10-5-9-4-8(10)6-14(9,12)13/h7-9,11H,2-6H2,1H3. The molecule has 0 aliphatic carbocycles. The molecule has 0 amide bonds. The number of hydrogen-bond acceptors (Lipinski definition) is 4. The van der Waals surface area contributed by atoms with Gasteiger partial charge >= 0.3 is 0 Å². The first-order valence-corrected chi connectivity index (χ1v) is 6.84.